The van der Waals surface area contributed by atoms with Crippen LogP contribution in [0.5, 0.6) is 0 Å². The molecule has 1 aromatic rings. The Bertz CT molecular complexity index is 484. The molecule has 0 amide bonds. The molecule has 0 spiro atoms. The van der Waals surface area contributed by atoms with Crippen molar-refractivity contribution in [3.05, 3.63) is 48.0 Å². The lowest BCUT2D eigenvalue weighted by atomic mass is 10.0. The highest BCUT2D eigenvalue weighted by Gasteiger charge is 2.36. The lowest BCUT2D eigenvalue weighted by Crippen LogP contribution is -2.43. The summed E-state index contributed by atoms with van der Waals surface area (Å²) in [6.07, 6.45) is 3.46. The van der Waals surface area contributed by atoms with Gasteiger partial charge in [0.25, 0.3) is 0 Å². The van der Waals surface area contributed by atoms with Crippen LogP contribution in [0.15, 0.2) is 36.9 Å². The van der Waals surface area contributed by atoms with Gasteiger partial charge in [-0.05, 0) is 52.0 Å². The molecule has 0 saturated heterocycles. The average Bonchev–Trinajstić information content (AvgIpc) is 3.07. The van der Waals surface area contributed by atoms with Crippen molar-refractivity contribution in [1.82, 2.24) is 0 Å². The summed E-state index contributed by atoms with van der Waals surface area (Å²) in [7, 11) is 0. The summed E-state index contributed by atoms with van der Waals surface area (Å²) in [6.45, 7) is 3.80. The summed E-state index contributed by atoms with van der Waals surface area (Å²) >= 11 is 1.79. The van der Waals surface area contributed by atoms with Crippen molar-refractivity contribution < 1.29 is 9.90 Å². The Balaban J connectivity index is 2.13. The first kappa shape index (κ1) is 13.5. The highest BCUT2D eigenvalue weighted by Crippen LogP contribution is 2.48. The lowest BCUT2D eigenvalue weighted by molar-refractivity contribution is -0.139. The van der Waals surface area contributed by atoms with Crippen molar-refractivity contribution in [2.45, 2.75) is 22.3 Å². The van der Waals surface area contributed by atoms with Crippen LogP contribution in [-0.4, -0.2) is 14.6 Å². The Morgan fingerprint density at radius 3 is 2.94 bits per heavy atom. The summed E-state index contributed by atoms with van der Waals surface area (Å²) in [5, 5.41) is 9.03. The minimum Gasteiger partial charge on any atom is -0.479 e. The van der Waals surface area contributed by atoms with Gasteiger partial charge < -0.3 is 10.8 Å². The summed E-state index contributed by atoms with van der Waals surface area (Å²) in [5.41, 5.74) is 7.99. The average molecular weight is 357 g/mol. The Hall–Kier alpha value is -0.880. The smallest absolute Gasteiger partial charge is 0.334 e. The predicted octanol–water partition coefficient (Wildman–Crippen LogP) is 2.69. The number of benzene rings is 1. The molecule has 1 fully saturated rings. The van der Waals surface area contributed by atoms with Crippen LogP contribution in [0.25, 0.3) is 0 Å². The van der Waals surface area contributed by atoms with Crippen LogP contribution in [0.4, 0.5) is 0 Å². The van der Waals surface area contributed by atoms with Crippen molar-refractivity contribution in [2.75, 3.05) is 0 Å². The number of halogens is 1. The number of carboxylic acids is 1. The zero-order valence-electron chi connectivity index (χ0n) is 9.97. The number of alkyl halides is 1. The Morgan fingerprint density at radius 1 is 1.67 bits per heavy atom. The highest BCUT2D eigenvalue weighted by atomic mass is 127. The van der Waals surface area contributed by atoms with E-state index in [0.29, 0.717) is 18.3 Å². The minimum atomic E-state index is -1.24. The second-order valence-electron chi connectivity index (χ2n) is 4.83. The van der Waals surface area contributed by atoms with Crippen LogP contribution in [-0.2, 0) is 11.2 Å². The van der Waals surface area contributed by atoms with Gasteiger partial charge in [0.1, 0.15) is 0 Å². The van der Waals surface area contributed by atoms with Crippen molar-refractivity contribution in [2.24, 2.45) is 11.7 Å². The van der Waals surface area contributed by atoms with Crippen LogP contribution in [0.3, 0.4) is 0 Å². The summed E-state index contributed by atoms with van der Waals surface area (Å²) in [5.74, 6) is 0.138. The van der Waals surface area contributed by atoms with Gasteiger partial charge in [0.05, 0.1) is 0 Å². The largest absolute Gasteiger partial charge is 0.479 e. The van der Waals surface area contributed by atoms with E-state index in [0.717, 1.165) is 12.0 Å². The van der Waals surface area contributed by atoms with Gasteiger partial charge in [-0.25, -0.2) is 4.79 Å². The van der Waals surface area contributed by atoms with Crippen LogP contribution >= 0.6 is 22.6 Å². The molecule has 1 aromatic carbocycles. The number of carboxylic acid groups (broad SMARTS) is 1. The molecule has 1 aliphatic carbocycles. The number of hydrogen-bond donors (Lipinski definition) is 2. The lowest BCUT2D eigenvalue weighted by Gasteiger charge is -2.17. The number of carbonyl (C=O) groups is 1. The fourth-order valence-electron chi connectivity index (χ4n) is 2.16. The molecule has 0 radical (unpaired) electrons. The van der Waals surface area contributed by atoms with Crippen LogP contribution in [0.2, 0.25) is 0 Å². The zero-order chi connectivity index (χ0) is 13.3. The van der Waals surface area contributed by atoms with E-state index in [9.17, 15) is 4.79 Å². The number of aliphatic carboxylic acids is 1. The van der Waals surface area contributed by atoms with E-state index < -0.39 is 9.51 Å². The molecule has 3 N–H and O–H groups in total. The number of nitrogens with two attached hydrogens (primary N) is 1. The van der Waals surface area contributed by atoms with Crippen LogP contribution in [0, 0.1) is 5.92 Å². The van der Waals surface area contributed by atoms with Crippen molar-refractivity contribution in [3.8, 4) is 0 Å². The van der Waals surface area contributed by atoms with Gasteiger partial charge >= 0.3 is 5.97 Å². The first-order valence-electron chi connectivity index (χ1n) is 5.86. The van der Waals surface area contributed by atoms with Gasteiger partial charge in [0, 0.05) is 6.42 Å². The normalized spacial score (nSPS) is 25.2. The van der Waals surface area contributed by atoms with Gasteiger partial charge in [-0.15, -0.1) is 6.58 Å². The summed E-state index contributed by atoms with van der Waals surface area (Å²) in [6, 6.07) is 8.05. The maximum atomic E-state index is 11.0. The Morgan fingerprint density at radius 2 is 2.39 bits per heavy atom. The van der Waals surface area contributed by atoms with Crippen molar-refractivity contribution >= 4 is 28.6 Å². The van der Waals surface area contributed by atoms with Gasteiger partial charge in [0.15, 0.2) is 3.55 Å². The monoisotopic (exact) mass is 357 g/mol. The van der Waals surface area contributed by atoms with Crippen molar-refractivity contribution in [3.63, 3.8) is 0 Å². The zero-order valence-corrected chi connectivity index (χ0v) is 12.1. The fourth-order valence-corrected chi connectivity index (χ4v) is 2.61. The van der Waals surface area contributed by atoms with E-state index >= 15 is 0 Å². The molecule has 0 aromatic heterocycles. The molecular formula is C14H16INO2. The Kier molecular flexibility index (Phi) is 3.77. The topological polar surface area (TPSA) is 63.3 Å². The molecule has 1 saturated carbocycles. The summed E-state index contributed by atoms with van der Waals surface area (Å²) < 4.78 is -1.24. The predicted molar refractivity (Wildman–Crippen MR) is 79.8 cm³/mol. The molecule has 0 aliphatic heterocycles. The number of hydrogen-bond acceptors (Lipinski definition) is 2. The van der Waals surface area contributed by atoms with Gasteiger partial charge in [-0.3, -0.25) is 0 Å². The quantitative estimate of drug-likeness (QED) is 0.369. The molecule has 18 heavy (non-hydrogen) atoms. The van der Waals surface area contributed by atoms with Crippen LogP contribution in [0.1, 0.15) is 23.5 Å². The molecule has 3 atom stereocenters. The first-order chi connectivity index (χ1) is 8.44. The first-order valence-corrected chi connectivity index (χ1v) is 6.94. The van der Waals surface area contributed by atoms with Gasteiger partial charge in [0.2, 0.25) is 0 Å². The van der Waals surface area contributed by atoms with Crippen molar-refractivity contribution in [1.29, 1.82) is 0 Å². The second kappa shape index (κ2) is 5.01. The molecule has 96 valence electrons. The summed E-state index contributed by atoms with van der Waals surface area (Å²) in [4.78, 5) is 11.0. The minimum absolute atomic E-state index is 0.336. The molecular weight excluding hydrogens is 341 g/mol. The van der Waals surface area contributed by atoms with Gasteiger partial charge in [-0.1, -0.05) is 30.3 Å². The molecule has 2 rings (SSSR count). The van der Waals surface area contributed by atoms with E-state index in [2.05, 4.69) is 18.7 Å². The second-order valence-corrected chi connectivity index (χ2v) is 6.76. The van der Waals surface area contributed by atoms with E-state index in [4.69, 9.17) is 10.8 Å². The van der Waals surface area contributed by atoms with Crippen LogP contribution < -0.4 is 5.73 Å². The molecule has 1 aliphatic rings. The molecule has 0 heterocycles. The van der Waals surface area contributed by atoms with E-state index in [1.165, 1.54) is 5.56 Å². The third-order valence-corrected chi connectivity index (χ3v) is 4.18. The molecule has 0 bridgehead atoms. The standard InChI is InChI=1S/C14H16INO2/c1-2-10-7-12(10)11-5-3-4-9(6-11)8-14(15,16)13(17)18/h2-6,10,12H,1,7-8,16H2,(H,17,18). The molecule has 3 nitrogen and oxygen atoms in total. The van der Waals surface area contributed by atoms with E-state index in [1.54, 1.807) is 22.6 Å². The maximum absolute atomic E-state index is 11.0. The van der Waals surface area contributed by atoms with Gasteiger partial charge in [-0.2, -0.15) is 0 Å². The number of allylic oxidation sites excluding steroid dienone is 1. The third-order valence-electron chi connectivity index (χ3n) is 3.34. The fraction of sp³-hybridized carbons (Fsp3) is 0.357. The third kappa shape index (κ3) is 2.92. The SMILES string of the molecule is C=CC1CC1c1cccc(CC(N)(I)C(=O)O)c1. The van der Waals surface area contributed by atoms with E-state index in [-0.39, 0.29) is 0 Å². The molecule has 3 unspecified atom stereocenters. The number of rotatable bonds is 5. The maximum Gasteiger partial charge on any atom is 0.334 e. The highest BCUT2D eigenvalue weighted by molar-refractivity contribution is 14.1. The Labute approximate surface area is 120 Å². The van der Waals surface area contributed by atoms with E-state index in [1.807, 2.05) is 18.2 Å². The molecule has 4 heteroatoms.